The van der Waals surface area contributed by atoms with Crippen molar-refractivity contribution in [3.05, 3.63) is 141 Å². The van der Waals surface area contributed by atoms with Gasteiger partial charge in [-0.1, -0.05) is 73.8 Å². The maximum Gasteiger partial charge on any atom is 0.197 e. The summed E-state index contributed by atoms with van der Waals surface area (Å²) in [6.45, 7) is 8.92. The molecule has 0 bridgehead atoms. The number of Topliss-reactive ketones (excluding diaryl/α,β-unsaturated/α-hetero) is 2. The van der Waals surface area contributed by atoms with Crippen LogP contribution < -0.4 is 14.8 Å². The Morgan fingerprint density at radius 2 is 1.33 bits per heavy atom. The predicted molar refractivity (Wildman–Crippen MR) is 176 cm³/mol. The summed E-state index contributed by atoms with van der Waals surface area (Å²) in [6, 6.07) is 32.7. The van der Waals surface area contributed by atoms with Crippen LogP contribution in [0.1, 0.15) is 43.0 Å². The van der Waals surface area contributed by atoms with Crippen LogP contribution in [0.25, 0.3) is 22.5 Å². The quantitative estimate of drug-likeness (QED) is 0.121. The highest BCUT2D eigenvalue weighted by Crippen LogP contribution is 2.50. The number of aryl methyl sites for hydroxylation is 2. The molecule has 2 aliphatic heterocycles. The zero-order valence-electron chi connectivity index (χ0n) is 24.5. The third-order valence-electron chi connectivity index (χ3n) is 8.94. The lowest BCUT2D eigenvalue weighted by atomic mass is 10.0. The molecule has 3 aliphatic rings. The van der Waals surface area contributed by atoms with Gasteiger partial charge in [-0.25, -0.2) is 0 Å². The lowest BCUT2D eigenvalue weighted by Crippen LogP contribution is -2.43. The highest BCUT2D eigenvalue weighted by atomic mass is 28.3. The molecule has 0 spiro atoms. The van der Waals surface area contributed by atoms with Crippen molar-refractivity contribution in [1.29, 1.82) is 0 Å². The fourth-order valence-electron chi connectivity index (χ4n) is 6.95. The summed E-state index contributed by atoms with van der Waals surface area (Å²) in [7, 11) is -2.14. The number of rotatable bonds is 2. The standard InChI is InChI=1S/C38H29NO3Si/c1-22-15-23(2)17-27(16-22)39-32-14-13-24(19-33(32)42-38-35(39)28-11-7-8-12-34(28)43(38,3)4)18-31-36(40)29-20-25-9-5-6-10-26(25)21-30(29)37(31)41/h5-21H,1-4H3. The summed E-state index contributed by atoms with van der Waals surface area (Å²) in [6.07, 6.45) is 1.72. The van der Waals surface area contributed by atoms with E-state index in [0.717, 1.165) is 44.5 Å². The SMILES string of the molecule is Cc1cc(C)cc(N2C3=C(Oc4cc(C=C5C(=O)c6cc7ccccc7cc6C5=O)ccc42)[Si](C)(C)c2ccccc23)c1. The number of carbonyl (C=O) groups is 2. The number of hydrogen-bond donors (Lipinski definition) is 0. The minimum atomic E-state index is -2.14. The highest BCUT2D eigenvalue weighted by Gasteiger charge is 2.47. The number of nitrogens with zero attached hydrogens (tertiary/aromatic N) is 1. The van der Waals surface area contributed by atoms with Crippen LogP contribution in [0.3, 0.4) is 0 Å². The molecule has 0 unspecified atom stereocenters. The Kier molecular flexibility index (Phi) is 5.37. The number of carbonyl (C=O) groups excluding carboxylic acids is 2. The van der Waals surface area contributed by atoms with Gasteiger partial charge in [0.25, 0.3) is 0 Å². The molecule has 5 heteroatoms. The van der Waals surface area contributed by atoms with Crippen LogP contribution in [-0.2, 0) is 0 Å². The van der Waals surface area contributed by atoms with Gasteiger partial charge in [0.2, 0.25) is 0 Å². The smallest absolute Gasteiger partial charge is 0.197 e. The van der Waals surface area contributed by atoms with E-state index in [1.54, 1.807) is 6.08 Å². The molecule has 1 aliphatic carbocycles. The molecule has 0 fully saturated rings. The first-order chi connectivity index (χ1) is 20.7. The highest BCUT2D eigenvalue weighted by molar-refractivity contribution is 6.98. The van der Waals surface area contributed by atoms with Crippen LogP contribution in [0.5, 0.6) is 5.75 Å². The van der Waals surface area contributed by atoms with Crippen molar-refractivity contribution < 1.29 is 14.3 Å². The van der Waals surface area contributed by atoms with Gasteiger partial charge in [-0.3, -0.25) is 9.59 Å². The van der Waals surface area contributed by atoms with Crippen molar-refractivity contribution in [3.8, 4) is 5.75 Å². The van der Waals surface area contributed by atoms with Gasteiger partial charge in [0, 0.05) is 22.4 Å². The van der Waals surface area contributed by atoms with Crippen molar-refractivity contribution in [2.45, 2.75) is 26.9 Å². The van der Waals surface area contributed by atoms with Gasteiger partial charge in [0.1, 0.15) is 5.38 Å². The molecule has 0 amide bonds. The molecule has 4 nitrogen and oxygen atoms in total. The van der Waals surface area contributed by atoms with E-state index in [0.29, 0.717) is 11.1 Å². The van der Waals surface area contributed by atoms with Crippen LogP contribution in [0.15, 0.2) is 108 Å². The Balaban J connectivity index is 1.27. The average molecular weight is 576 g/mol. The fraction of sp³-hybridized carbons (Fsp3) is 0.105. The third-order valence-corrected chi connectivity index (χ3v) is 12.2. The summed E-state index contributed by atoms with van der Waals surface area (Å²) in [4.78, 5) is 29.3. The van der Waals surface area contributed by atoms with E-state index in [1.807, 2.05) is 54.6 Å². The first kappa shape index (κ1) is 25.7. The molecule has 0 N–H and O–H groups in total. The van der Waals surface area contributed by atoms with Gasteiger partial charge in [-0.2, -0.15) is 0 Å². The van der Waals surface area contributed by atoms with Crippen molar-refractivity contribution >= 4 is 58.7 Å². The minimum Gasteiger partial charge on any atom is -0.462 e. The lowest BCUT2D eigenvalue weighted by molar-refractivity contribution is 0.0990. The zero-order valence-corrected chi connectivity index (χ0v) is 25.5. The van der Waals surface area contributed by atoms with E-state index in [-0.39, 0.29) is 17.1 Å². The molecule has 5 aromatic carbocycles. The fourth-order valence-corrected chi connectivity index (χ4v) is 9.78. The van der Waals surface area contributed by atoms with Gasteiger partial charge in [0.05, 0.1) is 17.0 Å². The van der Waals surface area contributed by atoms with Crippen molar-refractivity contribution in [2.24, 2.45) is 0 Å². The molecule has 2 heterocycles. The monoisotopic (exact) mass is 575 g/mol. The molecular formula is C38H29NO3Si. The normalized spacial score (nSPS) is 16.2. The molecule has 0 atom stereocenters. The van der Waals surface area contributed by atoms with E-state index in [2.05, 4.69) is 74.3 Å². The van der Waals surface area contributed by atoms with Crippen LogP contribution in [-0.4, -0.2) is 19.6 Å². The number of hydrogen-bond acceptors (Lipinski definition) is 4. The van der Waals surface area contributed by atoms with E-state index in [9.17, 15) is 9.59 Å². The van der Waals surface area contributed by atoms with Gasteiger partial charge in [-0.15, -0.1) is 0 Å². The van der Waals surface area contributed by atoms with Crippen LogP contribution in [0, 0.1) is 13.8 Å². The molecule has 0 aromatic heterocycles. The second-order valence-electron chi connectivity index (χ2n) is 12.3. The lowest BCUT2D eigenvalue weighted by Gasteiger charge is -2.35. The number of anilines is 2. The molecule has 43 heavy (non-hydrogen) atoms. The van der Waals surface area contributed by atoms with Gasteiger partial charge in [0.15, 0.2) is 25.4 Å². The summed E-state index contributed by atoms with van der Waals surface area (Å²) < 4.78 is 6.84. The first-order valence-corrected chi connectivity index (χ1v) is 17.6. The summed E-state index contributed by atoms with van der Waals surface area (Å²) in [5.41, 5.74) is 8.63. The van der Waals surface area contributed by atoms with Crippen molar-refractivity contribution in [3.63, 3.8) is 0 Å². The van der Waals surface area contributed by atoms with E-state index in [4.69, 9.17) is 4.74 Å². The van der Waals surface area contributed by atoms with Gasteiger partial charge >= 0.3 is 0 Å². The maximum atomic E-state index is 13.5. The van der Waals surface area contributed by atoms with Gasteiger partial charge < -0.3 is 9.64 Å². The molecule has 0 radical (unpaired) electrons. The number of benzene rings is 5. The number of fused-ring (bicyclic) bond motifs is 5. The van der Waals surface area contributed by atoms with E-state index in [1.165, 1.54) is 21.9 Å². The molecule has 5 aromatic rings. The van der Waals surface area contributed by atoms with Gasteiger partial charge in [-0.05, 0) is 89.0 Å². The third kappa shape index (κ3) is 3.75. The molecule has 208 valence electrons. The average Bonchev–Trinajstić information content (AvgIpc) is 3.36. The van der Waals surface area contributed by atoms with E-state index < -0.39 is 8.07 Å². The Morgan fingerprint density at radius 1 is 0.698 bits per heavy atom. The first-order valence-electron chi connectivity index (χ1n) is 14.6. The maximum absolute atomic E-state index is 13.5. The minimum absolute atomic E-state index is 0.190. The summed E-state index contributed by atoms with van der Waals surface area (Å²) in [5, 5.41) is 4.28. The summed E-state index contributed by atoms with van der Waals surface area (Å²) >= 11 is 0. The Hall–Kier alpha value is -5.00. The predicted octanol–water partition coefficient (Wildman–Crippen LogP) is 8.29. The molecule has 0 saturated carbocycles. The topological polar surface area (TPSA) is 46.6 Å². The molecule has 0 saturated heterocycles. The largest absolute Gasteiger partial charge is 0.462 e. The van der Waals surface area contributed by atoms with Crippen molar-refractivity contribution in [2.75, 3.05) is 4.90 Å². The van der Waals surface area contributed by atoms with Crippen LogP contribution in [0.2, 0.25) is 13.1 Å². The molecule has 8 rings (SSSR count). The van der Waals surface area contributed by atoms with E-state index >= 15 is 0 Å². The van der Waals surface area contributed by atoms with Crippen LogP contribution >= 0.6 is 0 Å². The van der Waals surface area contributed by atoms with Crippen LogP contribution in [0.4, 0.5) is 11.4 Å². The molecular weight excluding hydrogens is 547 g/mol. The number of allylic oxidation sites excluding steroid dienone is 1. The number of ketones is 2. The second-order valence-corrected chi connectivity index (χ2v) is 16.6. The second kappa shape index (κ2) is 9.00. The Morgan fingerprint density at radius 3 is 2.00 bits per heavy atom. The number of ether oxygens (including phenoxy) is 1. The summed E-state index contributed by atoms with van der Waals surface area (Å²) in [5.74, 6) is 0.263. The Bertz CT molecular complexity index is 2080. The Labute approximate surface area is 251 Å². The zero-order chi connectivity index (χ0) is 29.6. The van der Waals surface area contributed by atoms with Crippen molar-refractivity contribution in [1.82, 2.24) is 0 Å².